The molecule has 1 rings (SSSR count). The minimum Gasteiger partial charge on any atom is -0.465 e. The maximum atomic E-state index is 11.7. The quantitative estimate of drug-likeness (QED) is 0.680. The molecule has 0 spiro atoms. The number of hydrogen-bond acceptors (Lipinski definition) is 4. The molecule has 4 nitrogen and oxygen atoms in total. The summed E-state index contributed by atoms with van der Waals surface area (Å²) in [5.74, 6) is -0.179. The Balaban J connectivity index is 2.63. The third kappa shape index (κ3) is 2.45. The SMILES string of the molecule is CCOC(=O)[C@@]1(COC)CCCCN1. The topological polar surface area (TPSA) is 47.6 Å². The van der Waals surface area contributed by atoms with Crippen molar-refractivity contribution in [3.05, 3.63) is 0 Å². The van der Waals surface area contributed by atoms with E-state index >= 15 is 0 Å². The van der Waals surface area contributed by atoms with E-state index in [1.54, 1.807) is 7.11 Å². The first-order valence-electron chi connectivity index (χ1n) is 5.16. The summed E-state index contributed by atoms with van der Waals surface area (Å²) >= 11 is 0. The smallest absolute Gasteiger partial charge is 0.328 e. The first-order chi connectivity index (χ1) is 6.75. The van der Waals surface area contributed by atoms with Gasteiger partial charge in [-0.05, 0) is 32.7 Å². The van der Waals surface area contributed by atoms with Gasteiger partial charge in [-0.15, -0.1) is 0 Å². The van der Waals surface area contributed by atoms with Crippen LogP contribution in [0.3, 0.4) is 0 Å². The third-order valence-electron chi connectivity index (χ3n) is 2.55. The van der Waals surface area contributed by atoms with Gasteiger partial charge >= 0.3 is 5.97 Å². The Hall–Kier alpha value is -0.610. The van der Waals surface area contributed by atoms with E-state index in [0.717, 1.165) is 25.8 Å². The van der Waals surface area contributed by atoms with Crippen LogP contribution in [0.2, 0.25) is 0 Å². The zero-order valence-corrected chi connectivity index (χ0v) is 8.97. The molecule has 0 aromatic heterocycles. The van der Waals surface area contributed by atoms with Crippen molar-refractivity contribution in [2.45, 2.75) is 31.7 Å². The number of piperidine rings is 1. The molecule has 0 bridgehead atoms. The summed E-state index contributed by atoms with van der Waals surface area (Å²) in [6, 6.07) is 0. The largest absolute Gasteiger partial charge is 0.465 e. The van der Waals surface area contributed by atoms with Gasteiger partial charge < -0.3 is 9.47 Å². The molecule has 1 heterocycles. The summed E-state index contributed by atoms with van der Waals surface area (Å²) in [6.07, 6.45) is 2.97. The van der Waals surface area contributed by atoms with E-state index in [2.05, 4.69) is 5.32 Å². The second-order valence-corrected chi connectivity index (χ2v) is 3.62. The van der Waals surface area contributed by atoms with E-state index < -0.39 is 5.54 Å². The molecule has 1 saturated heterocycles. The Kier molecular flexibility index (Phi) is 4.35. The molecule has 0 aromatic carbocycles. The standard InChI is InChI=1S/C10H19NO3/c1-3-14-9(12)10(8-13-2)6-4-5-7-11-10/h11H,3-8H2,1-2H3/t10-/m0/s1. The van der Waals surface area contributed by atoms with Crippen molar-refractivity contribution in [2.75, 3.05) is 26.9 Å². The average molecular weight is 201 g/mol. The highest BCUT2D eigenvalue weighted by Gasteiger charge is 2.40. The highest BCUT2D eigenvalue weighted by molar-refractivity contribution is 5.81. The Bertz CT molecular complexity index is 182. The number of carbonyl (C=O) groups is 1. The van der Waals surface area contributed by atoms with E-state index in [-0.39, 0.29) is 5.97 Å². The molecule has 0 unspecified atom stereocenters. The molecule has 82 valence electrons. The first-order valence-corrected chi connectivity index (χ1v) is 5.16. The number of ether oxygens (including phenoxy) is 2. The molecule has 1 aliphatic rings. The minimum absolute atomic E-state index is 0.179. The van der Waals surface area contributed by atoms with Crippen molar-refractivity contribution < 1.29 is 14.3 Å². The van der Waals surface area contributed by atoms with Crippen LogP contribution in [0.1, 0.15) is 26.2 Å². The van der Waals surface area contributed by atoms with Gasteiger partial charge in [-0.3, -0.25) is 5.32 Å². The van der Waals surface area contributed by atoms with Gasteiger partial charge in [0.05, 0.1) is 13.2 Å². The lowest BCUT2D eigenvalue weighted by Gasteiger charge is -2.35. The molecule has 14 heavy (non-hydrogen) atoms. The molecule has 1 aliphatic heterocycles. The molecule has 0 radical (unpaired) electrons. The molecule has 0 amide bonds. The number of carbonyl (C=O) groups excluding carboxylic acids is 1. The minimum atomic E-state index is -0.594. The van der Waals surface area contributed by atoms with Crippen LogP contribution in [0.4, 0.5) is 0 Å². The predicted molar refractivity (Wildman–Crippen MR) is 53.1 cm³/mol. The molecule has 0 saturated carbocycles. The number of rotatable bonds is 4. The lowest BCUT2D eigenvalue weighted by Crippen LogP contribution is -2.58. The Morgan fingerprint density at radius 1 is 1.50 bits per heavy atom. The summed E-state index contributed by atoms with van der Waals surface area (Å²) in [4.78, 5) is 11.7. The molecule has 0 aromatic rings. The second kappa shape index (κ2) is 5.32. The molecule has 0 aliphatic carbocycles. The van der Waals surface area contributed by atoms with Crippen molar-refractivity contribution in [2.24, 2.45) is 0 Å². The maximum absolute atomic E-state index is 11.7. The number of hydrogen-bond donors (Lipinski definition) is 1. The fourth-order valence-corrected chi connectivity index (χ4v) is 1.84. The summed E-state index contributed by atoms with van der Waals surface area (Å²) in [5, 5.41) is 3.22. The van der Waals surface area contributed by atoms with Gasteiger partial charge in [-0.1, -0.05) is 0 Å². The van der Waals surface area contributed by atoms with E-state index in [1.807, 2.05) is 6.92 Å². The maximum Gasteiger partial charge on any atom is 0.328 e. The third-order valence-corrected chi connectivity index (χ3v) is 2.55. The Morgan fingerprint density at radius 3 is 2.79 bits per heavy atom. The van der Waals surface area contributed by atoms with Gasteiger partial charge in [0.2, 0.25) is 0 Å². The second-order valence-electron chi connectivity index (χ2n) is 3.62. The molecule has 1 atom stereocenters. The molecular weight excluding hydrogens is 182 g/mol. The van der Waals surface area contributed by atoms with Gasteiger partial charge in [0.15, 0.2) is 0 Å². The summed E-state index contributed by atoms with van der Waals surface area (Å²) < 4.78 is 10.1. The van der Waals surface area contributed by atoms with Crippen molar-refractivity contribution in [1.82, 2.24) is 5.32 Å². The highest BCUT2D eigenvalue weighted by Crippen LogP contribution is 2.21. The fourth-order valence-electron chi connectivity index (χ4n) is 1.84. The molecular formula is C10H19NO3. The highest BCUT2D eigenvalue weighted by atomic mass is 16.5. The summed E-state index contributed by atoms with van der Waals surface area (Å²) in [7, 11) is 1.61. The van der Waals surface area contributed by atoms with E-state index in [9.17, 15) is 4.79 Å². The Morgan fingerprint density at radius 2 is 2.29 bits per heavy atom. The van der Waals surface area contributed by atoms with Gasteiger partial charge in [0.25, 0.3) is 0 Å². The van der Waals surface area contributed by atoms with Crippen LogP contribution < -0.4 is 5.32 Å². The van der Waals surface area contributed by atoms with Crippen LogP contribution >= 0.6 is 0 Å². The normalized spacial score (nSPS) is 27.3. The number of esters is 1. The van der Waals surface area contributed by atoms with Gasteiger partial charge in [-0.25, -0.2) is 4.79 Å². The molecule has 4 heteroatoms. The van der Waals surface area contributed by atoms with Crippen LogP contribution in [-0.2, 0) is 14.3 Å². The first kappa shape index (κ1) is 11.5. The van der Waals surface area contributed by atoms with Crippen LogP contribution in [0.25, 0.3) is 0 Å². The lowest BCUT2D eigenvalue weighted by molar-refractivity contribution is -0.155. The van der Waals surface area contributed by atoms with Crippen molar-refractivity contribution >= 4 is 5.97 Å². The molecule has 1 fully saturated rings. The van der Waals surface area contributed by atoms with E-state index in [4.69, 9.17) is 9.47 Å². The zero-order valence-electron chi connectivity index (χ0n) is 8.97. The predicted octanol–water partition coefficient (Wildman–Crippen LogP) is 0.708. The van der Waals surface area contributed by atoms with Gasteiger partial charge in [-0.2, -0.15) is 0 Å². The van der Waals surface area contributed by atoms with Gasteiger partial charge in [0.1, 0.15) is 5.54 Å². The van der Waals surface area contributed by atoms with E-state index in [1.165, 1.54) is 0 Å². The van der Waals surface area contributed by atoms with Crippen molar-refractivity contribution in [3.8, 4) is 0 Å². The van der Waals surface area contributed by atoms with Crippen molar-refractivity contribution in [3.63, 3.8) is 0 Å². The van der Waals surface area contributed by atoms with E-state index in [0.29, 0.717) is 13.2 Å². The zero-order chi connectivity index (χ0) is 10.4. The summed E-state index contributed by atoms with van der Waals surface area (Å²) in [6.45, 7) is 3.50. The number of methoxy groups -OCH3 is 1. The van der Waals surface area contributed by atoms with Crippen LogP contribution in [0, 0.1) is 0 Å². The van der Waals surface area contributed by atoms with Crippen molar-refractivity contribution in [1.29, 1.82) is 0 Å². The number of nitrogens with one attached hydrogen (secondary N) is 1. The summed E-state index contributed by atoms with van der Waals surface area (Å²) in [5.41, 5.74) is -0.594. The van der Waals surface area contributed by atoms with Gasteiger partial charge in [0, 0.05) is 7.11 Å². The average Bonchev–Trinajstić information content (AvgIpc) is 2.20. The fraction of sp³-hybridized carbons (Fsp3) is 0.900. The van der Waals surface area contributed by atoms with Crippen LogP contribution in [-0.4, -0.2) is 38.4 Å². The Labute approximate surface area is 85.0 Å². The molecule has 1 N–H and O–H groups in total. The lowest BCUT2D eigenvalue weighted by atomic mass is 9.90. The van der Waals surface area contributed by atoms with Crippen LogP contribution in [0.5, 0.6) is 0 Å². The van der Waals surface area contributed by atoms with Crippen LogP contribution in [0.15, 0.2) is 0 Å². The monoisotopic (exact) mass is 201 g/mol.